The van der Waals surface area contributed by atoms with Crippen LogP contribution in [0.3, 0.4) is 0 Å². The van der Waals surface area contributed by atoms with Gasteiger partial charge in [-0.15, -0.1) is 0 Å². The summed E-state index contributed by atoms with van der Waals surface area (Å²) < 4.78 is 2.87. The summed E-state index contributed by atoms with van der Waals surface area (Å²) in [5, 5.41) is 8.66. The lowest BCUT2D eigenvalue weighted by Crippen LogP contribution is -2.23. The average Bonchev–Trinajstić information content (AvgIpc) is 2.71. The third-order valence-corrected chi connectivity index (χ3v) is 4.54. The van der Waals surface area contributed by atoms with E-state index in [9.17, 15) is 0 Å². The SMILES string of the molecule is CCNC(Cc1cc(C)nn1C)c1ccc(Br)c(Cl)c1. The molecule has 0 saturated heterocycles. The van der Waals surface area contributed by atoms with Crippen molar-refractivity contribution in [2.45, 2.75) is 26.3 Å². The predicted molar refractivity (Wildman–Crippen MR) is 87.2 cm³/mol. The molecule has 108 valence electrons. The number of nitrogens with zero attached hydrogens (tertiary/aromatic N) is 2. The Labute approximate surface area is 133 Å². The van der Waals surface area contributed by atoms with Crippen molar-refractivity contribution in [2.75, 3.05) is 6.54 Å². The van der Waals surface area contributed by atoms with E-state index >= 15 is 0 Å². The summed E-state index contributed by atoms with van der Waals surface area (Å²) in [7, 11) is 1.99. The molecule has 0 aliphatic heterocycles. The summed E-state index contributed by atoms with van der Waals surface area (Å²) in [4.78, 5) is 0. The van der Waals surface area contributed by atoms with Gasteiger partial charge in [0.2, 0.25) is 0 Å². The van der Waals surface area contributed by atoms with Crippen molar-refractivity contribution >= 4 is 27.5 Å². The van der Waals surface area contributed by atoms with Gasteiger partial charge in [-0.3, -0.25) is 4.68 Å². The molecule has 2 aromatic rings. The van der Waals surface area contributed by atoms with E-state index in [1.54, 1.807) is 0 Å². The number of likely N-dealkylation sites (N-methyl/N-ethyl adjacent to an activating group) is 1. The van der Waals surface area contributed by atoms with E-state index in [2.05, 4.69) is 45.4 Å². The van der Waals surface area contributed by atoms with E-state index in [4.69, 9.17) is 11.6 Å². The largest absolute Gasteiger partial charge is 0.310 e. The van der Waals surface area contributed by atoms with Crippen molar-refractivity contribution in [3.8, 4) is 0 Å². The number of aromatic nitrogens is 2. The second kappa shape index (κ2) is 6.74. The number of aryl methyl sites for hydroxylation is 2. The second-order valence-corrected chi connectivity index (χ2v) is 6.15. The maximum absolute atomic E-state index is 6.20. The Balaban J connectivity index is 2.26. The minimum absolute atomic E-state index is 0.236. The van der Waals surface area contributed by atoms with E-state index in [1.807, 2.05) is 30.8 Å². The molecule has 1 aromatic heterocycles. The molecule has 20 heavy (non-hydrogen) atoms. The zero-order chi connectivity index (χ0) is 14.7. The van der Waals surface area contributed by atoms with E-state index in [0.717, 1.165) is 28.2 Å². The average molecular weight is 357 g/mol. The highest BCUT2D eigenvalue weighted by Crippen LogP contribution is 2.27. The Bertz CT molecular complexity index is 595. The fraction of sp³-hybridized carbons (Fsp3) is 0.400. The van der Waals surface area contributed by atoms with Gasteiger partial charge in [0.15, 0.2) is 0 Å². The Morgan fingerprint density at radius 3 is 2.70 bits per heavy atom. The van der Waals surface area contributed by atoms with Crippen LogP contribution < -0.4 is 5.32 Å². The number of halogens is 2. The normalized spacial score (nSPS) is 12.7. The molecule has 5 heteroatoms. The van der Waals surface area contributed by atoms with Crippen LogP contribution >= 0.6 is 27.5 Å². The third-order valence-electron chi connectivity index (χ3n) is 3.31. The van der Waals surface area contributed by atoms with Crippen LogP contribution in [0.4, 0.5) is 0 Å². The minimum atomic E-state index is 0.236. The van der Waals surface area contributed by atoms with Crippen molar-refractivity contribution in [1.82, 2.24) is 15.1 Å². The summed E-state index contributed by atoms with van der Waals surface area (Å²) >= 11 is 9.64. The van der Waals surface area contributed by atoms with E-state index in [0.29, 0.717) is 0 Å². The summed E-state index contributed by atoms with van der Waals surface area (Å²) in [6.45, 7) is 5.04. The molecule has 1 N–H and O–H groups in total. The molecule has 1 atom stereocenters. The first kappa shape index (κ1) is 15.5. The smallest absolute Gasteiger partial charge is 0.0596 e. The molecule has 3 nitrogen and oxygen atoms in total. The Morgan fingerprint density at radius 2 is 2.15 bits per heavy atom. The highest BCUT2D eigenvalue weighted by molar-refractivity contribution is 9.10. The van der Waals surface area contributed by atoms with Crippen molar-refractivity contribution < 1.29 is 0 Å². The first-order valence-corrected chi connectivity index (χ1v) is 7.86. The molecular formula is C15H19BrClN3. The molecule has 0 amide bonds. The highest BCUT2D eigenvalue weighted by atomic mass is 79.9. The number of benzene rings is 1. The van der Waals surface area contributed by atoms with Crippen LogP contribution in [0, 0.1) is 6.92 Å². The number of hydrogen-bond donors (Lipinski definition) is 1. The van der Waals surface area contributed by atoms with Gasteiger partial charge in [0.25, 0.3) is 0 Å². The predicted octanol–water partition coefficient (Wildman–Crippen LogP) is 4.04. The van der Waals surface area contributed by atoms with Crippen molar-refractivity contribution in [2.24, 2.45) is 7.05 Å². The standard InChI is InChI=1S/C15H19BrClN3/c1-4-18-15(9-12-7-10(2)19-20(12)3)11-5-6-13(16)14(17)8-11/h5-8,15,18H,4,9H2,1-3H3. The van der Waals surface area contributed by atoms with E-state index in [1.165, 1.54) is 11.3 Å². The fourth-order valence-electron chi connectivity index (χ4n) is 2.35. The summed E-state index contributed by atoms with van der Waals surface area (Å²) in [5.74, 6) is 0. The number of hydrogen-bond acceptors (Lipinski definition) is 2. The van der Waals surface area contributed by atoms with Crippen molar-refractivity contribution in [3.05, 3.63) is 50.7 Å². The molecular weight excluding hydrogens is 338 g/mol. The first-order valence-electron chi connectivity index (χ1n) is 6.69. The highest BCUT2D eigenvalue weighted by Gasteiger charge is 2.15. The zero-order valence-electron chi connectivity index (χ0n) is 12.0. The lowest BCUT2D eigenvalue weighted by Gasteiger charge is -2.19. The number of nitrogens with one attached hydrogen (secondary N) is 1. The van der Waals surface area contributed by atoms with Gasteiger partial charge >= 0.3 is 0 Å². The molecule has 0 radical (unpaired) electrons. The lowest BCUT2D eigenvalue weighted by molar-refractivity contribution is 0.528. The van der Waals surface area contributed by atoms with Crippen LogP contribution in [0.5, 0.6) is 0 Å². The Morgan fingerprint density at radius 1 is 1.40 bits per heavy atom. The molecule has 1 unspecified atom stereocenters. The summed E-state index contributed by atoms with van der Waals surface area (Å²) in [5.41, 5.74) is 3.46. The van der Waals surface area contributed by atoms with Crippen LogP contribution in [-0.2, 0) is 13.5 Å². The molecule has 1 heterocycles. The van der Waals surface area contributed by atoms with Gasteiger partial charge in [0.1, 0.15) is 0 Å². The zero-order valence-corrected chi connectivity index (χ0v) is 14.3. The minimum Gasteiger partial charge on any atom is -0.310 e. The first-order chi connectivity index (χ1) is 9.51. The molecule has 0 fully saturated rings. The van der Waals surface area contributed by atoms with Gasteiger partial charge in [-0.05, 0) is 53.2 Å². The Kier molecular flexibility index (Phi) is 5.24. The lowest BCUT2D eigenvalue weighted by atomic mass is 10.0. The van der Waals surface area contributed by atoms with Crippen molar-refractivity contribution in [1.29, 1.82) is 0 Å². The van der Waals surface area contributed by atoms with Crippen LogP contribution in [0.15, 0.2) is 28.7 Å². The van der Waals surface area contributed by atoms with Gasteiger partial charge in [0.05, 0.1) is 10.7 Å². The van der Waals surface area contributed by atoms with Gasteiger partial charge in [-0.1, -0.05) is 24.6 Å². The van der Waals surface area contributed by atoms with Crippen LogP contribution in [0.25, 0.3) is 0 Å². The number of rotatable bonds is 5. The quantitative estimate of drug-likeness (QED) is 0.876. The molecule has 2 rings (SSSR count). The summed E-state index contributed by atoms with van der Waals surface area (Å²) in [6, 6.07) is 8.48. The van der Waals surface area contributed by atoms with E-state index < -0.39 is 0 Å². The molecule has 0 saturated carbocycles. The van der Waals surface area contributed by atoms with Gasteiger partial charge in [-0.2, -0.15) is 5.10 Å². The summed E-state index contributed by atoms with van der Waals surface area (Å²) in [6.07, 6.45) is 0.892. The Hall–Kier alpha value is -0.840. The molecule has 0 aliphatic carbocycles. The maximum atomic E-state index is 6.20. The molecule has 0 aliphatic rings. The van der Waals surface area contributed by atoms with E-state index in [-0.39, 0.29) is 6.04 Å². The third kappa shape index (κ3) is 3.62. The van der Waals surface area contributed by atoms with Crippen LogP contribution in [0.2, 0.25) is 5.02 Å². The van der Waals surface area contributed by atoms with Crippen molar-refractivity contribution in [3.63, 3.8) is 0 Å². The molecule has 0 spiro atoms. The van der Waals surface area contributed by atoms with Crippen LogP contribution in [0.1, 0.15) is 29.9 Å². The van der Waals surface area contributed by atoms with Gasteiger partial charge in [-0.25, -0.2) is 0 Å². The molecule has 0 bridgehead atoms. The fourth-order valence-corrected chi connectivity index (χ4v) is 2.78. The van der Waals surface area contributed by atoms with Gasteiger partial charge in [0, 0.05) is 29.7 Å². The van der Waals surface area contributed by atoms with Crippen LogP contribution in [-0.4, -0.2) is 16.3 Å². The topological polar surface area (TPSA) is 29.9 Å². The maximum Gasteiger partial charge on any atom is 0.0596 e. The monoisotopic (exact) mass is 355 g/mol. The van der Waals surface area contributed by atoms with Gasteiger partial charge < -0.3 is 5.32 Å². The second-order valence-electron chi connectivity index (χ2n) is 4.89. The molecule has 1 aromatic carbocycles.